The molecule has 35 valence electrons. The maximum absolute atomic E-state index is 2.39. The van der Waals surface area contributed by atoms with Gasteiger partial charge >= 0.3 is 0 Å². The molecule has 0 heterocycles. The Morgan fingerprint density at radius 1 is 0.833 bits per heavy atom. The molecule has 1 aliphatic rings. The minimum absolute atomic E-state index is 1.38. The average Bonchev–Trinajstić information content (AvgIpc) is 1.72. The van der Waals surface area contributed by atoms with Gasteiger partial charge in [-0.25, -0.2) is 0 Å². The van der Waals surface area contributed by atoms with Crippen molar-refractivity contribution in [3.05, 3.63) is 6.42 Å². The van der Waals surface area contributed by atoms with Gasteiger partial charge in [0.1, 0.15) is 0 Å². The molecule has 0 atom stereocenters. The van der Waals surface area contributed by atoms with Gasteiger partial charge in [-0.3, -0.25) is 0 Å². The van der Waals surface area contributed by atoms with Gasteiger partial charge in [0.15, 0.2) is 0 Å². The molecule has 0 nitrogen and oxygen atoms in total. The lowest BCUT2D eigenvalue weighted by molar-refractivity contribution is 0.593. The fourth-order valence-electron chi connectivity index (χ4n) is 0.898. The highest BCUT2D eigenvalue weighted by atomic mass is 14.0. The molecule has 0 saturated heterocycles. The number of hydrogen-bond acceptors (Lipinski definition) is 0. The van der Waals surface area contributed by atoms with E-state index in [-0.39, 0.29) is 0 Å². The highest BCUT2D eigenvalue weighted by Crippen LogP contribution is 2.14. The van der Waals surface area contributed by atoms with Crippen molar-refractivity contribution in [3.63, 3.8) is 0 Å². The molecular weight excluding hydrogens is 72.1 g/mol. The van der Waals surface area contributed by atoms with E-state index >= 15 is 0 Å². The van der Waals surface area contributed by atoms with E-state index in [1.54, 1.807) is 0 Å². The molecule has 0 N–H and O–H groups in total. The standard InChI is InChI=1S/C6H11/c1-2-4-6-5-3-1/h1H,2-6H2. The van der Waals surface area contributed by atoms with Gasteiger partial charge in [0, 0.05) is 0 Å². The quantitative estimate of drug-likeness (QED) is 0.421. The Hall–Kier alpha value is 0. The van der Waals surface area contributed by atoms with Crippen molar-refractivity contribution in [1.82, 2.24) is 0 Å². The van der Waals surface area contributed by atoms with Crippen LogP contribution >= 0.6 is 0 Å². The first kappa shape index (κ1) is 4.17. The molecule has 1 fully saturated rings. The molecule has 1 saturated carbocycles. The van der Waals surface area contributed by atoms with Gasteiger partial charge in [0.05, 0.1) is 0 Å². The van der Waals surface area contributed by atoms with Gasteiger partial charge in [0.25, 0.3) is 0 Å². The van der Waals surface area contributed by atoms with Crippen molar-refractivity contribution in [2.24, 2.45) is 0 Å². The van der Waals surface area contributed by atoms with Crippen LogP contribution in [0.25, 0.3) is 0 Å². The molecule has 0 amide bonds. The molecule has 6 heavy (non-hydrogen) atoms. The van der Waals surface area contributed by atoms with Crippen LogP contribution in [0.1, 0.15) is 32.1 Å². The second-order valence-corrected chi connectivity index (χ2v) is 1.93. The topological polar surface area (TPSA) is 0 Å². The third kappa shape index (κ3) is 1.00. The monoisotopic (exact) mass is 83.1 g/mol. The summed E-state index contributed by atoms with van der Waals surface area (Å²) in [6, 6.07) is 0. The van der Waals surface area contributed by atoms with Crippen LogP contribution in [0.3, 0.4) is 0 Å². The molecule has 0 aromatic heterocycles. The van der Waals surface area contributed by atoms with Crippen LogP contribution in [-0.4, -0.2) is 0 Å². The summed E-state index contributed by atoms with van der Waals surface area (Å²) in [5, 5.41) is 0. The van der Waals surface area contributed by atoms with Crippen molar-refractivity contribution < 1.29 is 0 Å². The first-order chi connectivity index (χ1) is 3.00. The van der Waals surface area contributed by atoms with E-state index in [1.807, 2.05) is 0 Å². The van der Waals surface area contributed by atoms with Gasteiger partial charge in [0.2, 0.25) is 0 Å². The van der Waals surface area contributed by atoms with E-state index in [9.17, 15) is 0 Å². The summed E-state index contributed by atoms with van der Waals surface area (Å²) in [6.07, 6.45) is 9.50. The van der Waals surface area contributed by atoms with Crippen LogP contribution < -0.4 is 0 Å². The predicted octanol–water partition coefficient (Wildman–Crippen LogP) is 2.15. The van der Waals surface area contributed by atoms with Crippen molar-refractivity contribution in [3.8, 4) is 0 Å². The zero-order chi connectivity index (χ0) is 4.24. The first-order valence-corrected chi connectivity index (χ1v) is 2.82. The molecule has 0 aliphatic heterocycles. The fraction of sp³-hybridized carbons (Fsp3) is 0.833. The molecule has 0 aromatic rings. The van der Waals surface area contributed by atoms with Crippen LogP contribution in [0.4, 0.5) is 0 Å². The molecule has 0 bridgehead atoms. The van der Waals surface area contributed by atoms with Crippen molar-refractivity contribution in [2.45, 2.75) is 32.1 Å². The van der Waals surface area contributed by atoms with Gasteiger partial charge < -0.3 is 0 Å². The van der Waals surface area contributed by atoms with Crippen LogP contribution in [0.2, 0.25) is 0 Å². The Morgan fingerprint density at radius 2 is 1.50 bits per heavy atom. The van der Waals surface area contributed by atoms with E-state index in [0.29, 0.717) is 0 Å². The molecule has 0 unspecified atom stereocenters. The zero-order valence-corrected chi connectivity index (χ0v) is 4.11. The highest BCUT2D eigenvalue weighted by molar-refractivity contribution is 4.69. The predicted molar refractivity (Wildman–Crippen MR) is 27.4 cm³/mol. The summed E-state index contributed by atoms with van der Waals surface area (Å²) < 4.78 is 0. The van der Waals surface area contributed by atoms with E-state index in [0.717, 1.165) is 0 Å². The molecule has 1 aliphatic carbocycles. The Labute approximate surface area is 39.6 Å². The largest absolute Gasteiger partial charge is 0.0533 e. The van der Waals surface area contributed by atoms with Crippen LogP contribution in [0.15, 0.2) is 0 Å². The summed E-state index contributed by atoms with van der Waals surface area (Å²) in [7, 11) is 0. The van der Waals surface area contributed by atoms with E-state index in [4.69, 9.17) is 0 Å². The average molecular weight is 83.2 g/mol. The van der Waals surface area contributed by atoms with Crippen LogP contribution in [0.5, 0.6) is 0 Å². The lowest BCUT2D eigenvalue weighted by Gasteiger charge is -2.05. The van der Waals surface area contributed by atoms with Crippen LogP contribution in [-0.2, 0) is 0 Å². The normalized spacial score (nSPS) is 24.0. The maximum Gasteiger partial charge on any atom is -0.0386 e. The molecule has 0 heteroatoms. The summed E-state index contributed by atoms with van der Waals surface area (Å²) in [5.74, 6) is 0. The smallest absolute Gasteiger partial charge is 0.0386 e. The third-order valence-electron chi connectivity index (χ3n) is 1.32. The number of hydrogen-bond donors (Lipinski definition) is 0. The summed E-state index contributed by atoms with van der Waals surface area (Å²) >= 11 is 0. The molecular formula is C6H11. The molecule has 1 rings (SSSR count). The third-order valence-corrected chi connectivity index (χ3v) is 1.32. The maximum atomic E-state index is 2.39. The fourth-order valence-corrected chi connectivity index (χ4v) is 0.898. The number of rotatable bonds is 0. The summed E-state index contributed by atoms with van der Waals surface area (Å²) in [6.45, 7) is 0. The van der Waals surface area contributed by atoms with Gasteiger partial charge in [-0.15, -0.1) is 0 Å². The lowest BCUT2D eigenvalue weighted by Crippen LogP contribution is -1.87. The Bertz CT molecular complexity index is 15.5. The molecule has 0 aromatic carbocycles. The van der Waals surface area contributed by atoms with E-state index in [2.05, 4.69) is 6.42 Å². The molecule has 1 radical (unpaired) electrons. The first-order valence-electron chi connectivity index (χ1n) is 2.82. The molecule has 0 spiro atoms. The Kier molecular flexibility index (Phi) is 1.54. The van der Waals surface area contributed by atoms with Crippen molar-refractivity contribution in [1.29, 1.82) is 0 Å². The van der Waals surface area contributed by atoms with Crippen LogP contribution in [0, 0.1) is 6.42 Å². The Morgan fingerprint density at radius 3 is 1.67 bits per heavy atom. The van der Waals surface area contributed by atoms with E-state index < -0.39 is 0 Å². The van der Waals surface area contributed by atoms with Gasteiger partial charge in [-0.05, 0) is 6.42 Å². The summed E-state index contributed by atoms with van der Waals surface area (Å²) in [4.78, 5) is 0. The second kappa shape index (κ2) is 2.22. The van der Waals surface area contributed by atoms with Gasteiger partial charge in [-0.2, -0.15) is 0 Å². The SMILES string of the molecule is [CH]1CCCCC1. The zero-order valence-electron chi connectivity index (χ0n) is 4.11. The highest BCUT2D eigenvalue weighted by Gasteiger charge is 1.95. The minimum Gasteiger partial charge on any atom is -0.0533 e. The lowest BCUT2D eigenvalue weighted by atomic mass is 10.0. The van der Waals surface area contributed by atoms with Gasteiger partial charge in [-0.1, -0.05) is 32.1 Å². The summed E-state index contributed by atoms with van der Waals surface area (Å²) in [5.41, 5.74) is 0. The Balaban J connectivity index is 2.00. The van der Waals surface area contributed by atoms with Crippen molar-refractivity contribution >= 4 is 0 Å². The minimum atomic E-state index is 1.38. The van der Waals surface area contributed by atoms with Crippen molar-refractivity contribution in [2.75, 3.05) is 0 Å². The van der Waals surface area contributed by atoms with E-state index in [1.165, 1.54) is 32.1 Å². The second-order valence-electron chi connectivity index (χ2n) is 1.93.